The third-order valence-electron chi connectivity index (χ3n) is 4.23. The van der Waals surface area contributed by atoms with Crippen LogP contribution in [0.15, 0.2) is 42.9 Å². The highest BCUT2D eigenvalue weighted by Crippen LogP contribution is 2.31. The van der Waals surface area contributed by atoms with Crippen molar-refractivity contribution < 1.29 is 0 Å². The summed E-state index contributed by atoms with van der Waals surface area (Å²) in [5, 5.41) is 9.74. The Morgan fingerprint density at radius 1 is 1.09 bits per heavy atom. The van der Waals surface area contributed by atoms with Crippen LogP contribution in [-0.4, -0.2) is 24.8 Å². The van der Waals surface area contributed by atoms with Gasteiger partial charge >= 0.3 is 0 Å². The second-order valence-electron chi connectivity index (χ2n) is 5.83. The molecule has 0 saturated heterocycles. The number of hydrogen-bond acceptors (Lipinski definition) is 3. The summed E-state index contributed by atoms with van der Waals surface area (Å²) in [6, 6.07) is 8.26. The van der Waals surface area contributed by atoms with E-state index >= 15 is 0 Å². The number of unbranched alkanes of at least 4 members (excludes halogenated alkanes) is 2. The summed E-state index contributed by atoms with van der Waals surface area (Å²) in [7, 11) is 0. The van der Waals surface area contributed by atoms with Crippen LogP contribution in [0.3, 0.4) is 0 Å². The molecule has 23 heavy (non-hydrogen) atoms. The Labute approximate surface area is 134 Å². The van der Waals surface area contributed by atoms with Crippen LogP contribution in [0, 0.1) is 0 Å². The van der Waals surface area contributed by atoms with Gasteiger partial charge in [0.05, 0.1) is 11.7 Å². The van der Waals surface area contributed by atoms with Crippen molar-refractivity contribution in [2.75, 3.05) is 0 Å². The third-order valence-corrected chi connectivity index (χ3v) is 4.23. The van der Waals surface area contributed by atoms with Gasteiger partial charge in [0, 0.05) is 29.0 Å². The zero-order valence-electron chi connectivity index (χ0n) is 13.2. The van der Waals surface area contributed by atoms with Crippen molar-refractivity contribution in [2.45, 2.75) is 32.6 Å². The summed E-state index contributed by atoms with van der Waals surface area (Å²) in [6.07, 6.45) is 10.2. The molecule has 0 aliphatic carbocycles. The summed E-state index contributed by atoms with van der Waals surface area (Å²) in [4.78, 5) is 7.93. The molecule has 0 spiro atoms. The van der Waals surface area contributed by atoms with Crippen LogP contribution in [0.5, 0.6) is 0 Å². The van der Waals surface area contributed by atoms with Crippen LogP contribution >= 0.6 is 0 Å². The Balaban J connectivity index is 1.80. The molecule has 116 valence electrons. The van der Waals surface area contributed by atoms with Gasteiger partial charge in [0.15, 0.2) is 0 Å². The first kappa shape index (κ1) is 13.9. The predicted molar refractivity (Wildman–Crippen MR) is 91.3 cm³/mol. The summed E-state index contributed by atoms with van der Waals surface area (Å²) in [6.45, 7) is 2.23. The molecule has 4 heterocycles. The van der Waals surface area contributed by atoms with E-state index in [0.29, 0.717) is 0 Å². The first-order valence-corrected chi connectivity index (χ1v) is 8.13. The van der Waals surface area contributed by atoms with Crippen LogP contribution < -0.4 is 0 Å². The molecule has 5 heteroatoms. The molecule has 0 unspecified atom stereocenters. The van der Waals surface area contributed by atoms with Crippen molar-refractivity contribution >= 4 is 16.6 Å². The Morgan fingerprint density at radius 3 is 2.96 bits per heavy atom. The predicted octanol–water partition coefficient (Wildman–Crippen LogP) is 4.01. The van der Waals surface area contributed by atoms with Gasteiger partial charge in [0.2, 0.25) is 0 Å². The number of rotatable bonds is 5. The van der Waals surface area contributed by atoms with Crippen molar-refractivity contribution in [3.8, 4) is 11.1 Å². The summed E-state index contributed by atoms with van der Waals surface area (Å²) in [5.41, 5.74) is 5.44. The number of pyridine rings is 1. The number of nitrogens with zero attached hydrogens (tertiary/aromatic N) is 4. The van der Waals surface area contributed by atoms with Gasteiger partial charge in [-0.15, -0.1) is 0 Å². The largest absolute Gasteiger partial charge is 0.343 e. The zero-order valence-corrected chi connectivity index (χ0v) is 13.2. The monoisotopic (exact) mass is 305 g/mol. The lowest BCUT2D eigenvalue weighted by molar-refractivity contribution is 0.710. The van der Waals surface area contributed by atoms with Gasteiger partial charge in [-0.25, -0.2) is 4.98 Å². The van der Waals surface area contributed by atoms with E-state index in [1.54, 1.807) is 10.8 Å². The number of aromatic amines is 1. The molecule has 0 radical (unpaired) electrons. The molecule has 0 bridgehead atoms. The quantitative estimate of drug-likeness (QED) is 0.567. The Kier molecular flexibility index (Phi) is 3.54. The van der Waals surface area contributed by atoms with Crippen LogP contribution in [0.4, 0.5) is 0 Å². The van der Waals surface area contributed by atoms with Gasteiger partial charge in [-0.1, -0.05) is 19.8 Å². The molecule has 1 N–H and O–H groups in total. The Bertz CT molecular complexity index is 950. The standard InChI is InChI=1S/C18H19N5/c1-2-3-4-6-13-11-15-14(8-10-19-18(15)22-13)16-12-21-23-17(16)7-5-9-20-23/h5,7-12H,2-4,6H2,1H3,(H,19,22). The third kappa shape index (κ3) is 2.48. The molecule has 0 aliphatic heterocycles. The number of nitrogens with one attached hydrogen (secondary N) is 1. The zero-order chi connectivity index (χ0) is 15.6. The smallest absolute Gasteiger partial charge is 0.138 e. The van der Waals surface area contributed by atoms with Crippen LogP contribution in [0.25, 0.3) is 27.7 Å². The average molecular weight is 305 g/mol. The molecule has 0 aromatic carbocycles. The van der Waals surface area contributed by atoms with Crippen LogP contribution in [0.1, 0.15) is 31.9 Å². The van der Waals surface area contributed by atoms with Crippen LogP contribution in [-0.2, 0) is 6.42 Å². The normalized spacial score (nSPS) is 11.5. The Morgan fingerprint density at radius 2 is 2.04 bits per heavy atom. The van der Waals surface area contributed by atoms with E-state index in [-0.39, 0.29) is 0 Å². The number of fused-ring (bicyclic) bond motifs is 2. The molecule has 0 atom stereocenters. The Hall–Kier alpha value is -2.69. The van der Waals surface area contributed by atoms with Crippen LogP contribution in [0.2, 0.25) is 0 Å². The molecule has 0 saturated carbocycles. The van der Waals surface area contributed by atoms with E-state index in [0.717, 1.165) is 34.1 Å². The number of aromatic nitrogens is 5. The molecule has 5 nitrogen and oxygen atoms in total. The van der Waals surface area contributed by atoms with Crippen molar-refractivity contribution in [2.24, 2.45) is 0 Å². The minimum atomic E-state index is 0.942. The van der Waals surface area contributed by atoms with E-state index in [1.807, 2.05) is 24.5 Å². The van der Waals surface area contributed by atoms with Gasteiger partial charge in [0.25, 0.3) is 0 Å². The number of hydrogen-bond donors (Lipinski definition) is 1. The molecule has 0 aliphatic rings. The van der Waals surface area contributed by atoms with Crippen molar-refractivity contribution in [1.82, 2.24) is 24.8 Å². The SMILES string of the molecule is CCCCCc1cc2c(-c3cnn4ncccc34)ccnc2[nH]1. The fourth-order valence-corrected chi connectivity index (χ4v) is 3.06. The molecule has 0 fully saturated rings. The highest BCUT2D eigenvalue weighted by atomic mass is 15.4. The second kappa shape index (κ2) is 5.83. The lowest BCUT2D eigenvalue weighted by Crippen LogP contribution is -1.90. The molecule has 0 amide bonds. The van der Waals surface area contributed by atoms with E-state index in [2.05, 4.69) is 39.2 Å². The molecular formula is C18H19N5. The molecular weight excluding hydrogens is 286 g/mol. The number of H-pyrrole nitrogens is 1. The first-order chi connectivity index (χ1) is 11.4. The summed E-state index contributed by atoms with van der Waals surface area (Å²) < 4.78 is 1.66. The van der Waals surface area contributed by atoms with Crippen molar-refractivity contribution in [3.05, 3.63) is 48.5 Å². The molecule has 4 aromatic rings. The summed E-state index contributed by atoms with van der Waals surface area (Å²) >= 11 is 0. The highest BCUT2D eigenvalue weighted by Gasteiger charge is 2.12. The van der Waals surface area contributed by atoms with Crippen molar-refractivity contribution in [3.63, 3.8) is 0 Å². The minimum Gasteiger partial charge on any atom is -0.343 e. The maximum Gasteiger partial charge on any atom is 0.138 e. The fraction of sp³-hybridized carbons (Fsp3) is 0.278. The lowest BCUT2D eigenvalue weighted by Gasteiger charge is -2.00. The maximum atomic E-state index is 4.48. The van der Waals surface area contributed by atoms with Gasteiger partial charge < -0.3 is 4.98 Å². The highest BCUT2D eigenvalue weighted by molar-refractivity contribution is 5.97. The molecule has 4 aromatic heterocycles. The second-order valence-corrected chi connectivity index (χ2v) is 5.83. The van der Waals surface area contributed by atoms with Gasteiger partial charge in [-0.05, 0) is 42.7 Å². The van der Waals surface area contributed by atoms with E-state index < -0.39 is 0 Å². The fourth-order valence-electron chi connectivity index (χ4n) is 3.06. The van der Waals surface area contributed by atoms with E-state index in [4.69, 9.17) is 0 Å². The van der Waals surface area contributed by atoms with Crippen molar-refractivity contribution in [1.29, 1.82) is 0 Å². The lowest BCUT2D eigenvalue weighted by atomic mass is 10.1. The minimum absolute atomic E-state index is 0.942. The molecule has 4 rings (SSSR count). The van der Waals surface area contributed by atoms with Gasteiger partial charge in [-0.2, -0.15) is 14.8 Å². The number of aryl methyl sites for hydroxylation is 1. The van der Waals surface area contributed by atoms with Gasteiger partial charge in [0.1, 0.15) is 5.65 Å². The maximum absolute atomic E-state index is 4.48. The van der Waals surface area contributed by atoms with E-state index in [1.165, 1.54) is 25.0 Å². The average Bonchev–Trinajstić information content (AvgIpc) is 3.18. The topological polar surface area (TPSA) is 58.9 Å². The first-order valence-electron chi connectivity index (χ1n) is 8.13. The summed E-state index contributed by atoms with van der Waals surface area (Å²) in [5.74, 6) is 0. The van der Waals surface area contributed by atoms with E-state index in [9.17, 15) is 0 Å². The van der Waals surface area contributed by atoms with Gasteiger partial charge in [-0.3, -0.25) is 0 Å².